The Hall–Kier alpha value is -1.61. The van der Waals surface area contributed by atoms with Crippen LogP contribution in [0.3, 0.4) is 0 Å². The molecule has 0 aliphatic rings. The minimum Gasteiger partial charge on any atom is -0.457 e. The highest BCUT2D eigenvalue weighted by Crippen LogP contribution is 2.23. The van der Waals surface area contributed by atoms with E-state index in [9.17, 15) is 0 Å². The second kappa shape index (κ2) is 4.28. The number of hydrogen-bond donors (Lipinski definition) is 2. The summed E-state index contributed by atoms with van der Waals surface area (Å²) in [7, 11) is 0. The van der Waals surface area contributed by atoms with Gasteiger partial charge in [-0.05, 0) is 48.5 Å². The van der Waals surface area contributed by atoms with E-state index in [1.807, 2.05) is 48.5 Å². The molecular formula is C12H11NOS. The van der Waals surface area contributed by atoms with E-state index in [4.69, 9.17) is 10.5 Å². The summed E-state index contributed by atoms with van der Waals surface area (Å²) in [6, 6.07) is 14.8. The van der Waals surface area contributed by atoms with Gasteiger partial charge in [-0.2, -0.15) is 0 Å². The first-order valence-electron chi connectivity index (χ1n) is 4.56. The summed E-state index contributed by atoms with van der Waals surface area (Å²) >= 11 is 4.20. The summed E-state index contributed by atoms with van der Waals surface area (Å²) in [5.74, 6) is 1.56. The molecule has 15 heavy (non-hydrogen) atoms. The molecule has 0 radical (unpaired) electrons. The van der Waals surface area contributed by atoms with Crippen LogP contribution >= 0.6 is 12.6 Å². The minimum absolute atomic E-state index is 0.730. The van der Waals surface area contributed by atoms with Gasteiger partial charge < -0.3 is 10.5 Å². The molecule has 0 spiro atoms. The molecule has 0 amide bonds. The molecule has 0 bridgehead atoms. The second-order valence-corrected chi connectivity index (χ2v) is 3.68. The van der Waals surface area contributed by atoms with Crippen LogP contribution in [-0.2, 0) is 0 Å². The fourth-order valence-corrected chi connectivity index (χ4v) is 1.34. The number of anilines is 1. The van der Waals surface area contributed by atoms with Crippen molar-refractivity contribution in [2.24, 2.45) is 0 Å². The van der Waals surface area contributed by atoms with Crippen molar-refractivity contribution in [2.45, 2.75) is 4.90 Å². The van der Waals surface area contributed by atoms with Gasteiger partial charge in [-0.1, -0.05) is 0 Å². The van der Waals surface area contributed by atoms with Gasteiger partial charge in [0.1, 0.15) is 11.5 Å². The lowest BCUT2D eigenvalue weighted by Crippen LogP contribution is -1.86. The molecule has 2 N–H and O–H groups in total. The number of thiol groups is 1. The fourth-order valence-electron chi connectivity index (χ4n) is 1.19. The minimum atomic E-state index is 0.730. The molecule has 0 atom stereocenters. The zero-order valence-electron chi connectivity index (χ0n) is 8.05. The van der Waals surface area contributed by atoms with Gasteiger partial charge in [-0.25, -0.2) is 0 Å². The Bertz CT molecular complexity index is 393. The summed E-state index contributed by atoms with van der Waals surface area (Å²) in [6.07, 6.45) is 0. The Morgan fingerprint density at radius 1 is 0.800 bits per heavy atom. The van der Waals surface area contributed by atoms with Crippen LogP contribution in [-0.4, -0.2) is 0 Å². The summed E-state index contributed by atoms with van der Waals surface area (Å²) < 4.78 is 5.60. The van der Waals surface area contributed by atoms with Crippen molar-refractivity contribution >= 4 is 18.3 Å². The zero-order chi connectivity index (χ0) is 10.7. The molecule has 0 heterocycles. The highest BCUT2D eigenvalue weighted by atomic mass is 32.1. The number of benzene rings is 2. The van der Waals surface area contributed by atoms with E-state index in [0.717, 1.165) is 22.1 Å². The molecule has 0 saturated carbocycles. The van der Waals surface area contributed by atoms with Gasteiger partial charge >= 0.3 is 0 Å². The van der Waals surface area contributed by atoms with E-state index in [-0.39, 0.29) is 0 Å². The number of hydrogen-bond acceptors (Lipinski definition) is 3. The Balaban J connectivity index is 2.15. The number of nitrogen functional groups attached to an aromatic ring is 1. The second-order valence-electron chi connectivity index (χ2n) is 3.16. The SMILES string of the molecule is Nc1ccc(Oc2ccc(S)cc2)cc1. The fraction of sp³-hybridized carbons (Fsp3) is 0. The van der Waals surface area contributed by atoms with E-state index in [1.54, 1.807) is 0 Å². The third-order valence-corrected chi connectivity index (χ3v) is 2.25. The van der Waals surface area contributed by atoms with Gasteiger partial charge in [-0.15, -0.1) is 12.6 Å². The van der Waals surface area contributed by atoms with E-state index < -0.39 is 0 Å². The van der Waals surface area contributed by atoms with Crippen molar-refractivity contribution in [3.63, 3.8) is 0 Å². The summed E-state index contributed by atoms with van der Waals surface area (Å²) in [6.45, 7) is 0. The number of ether oxygens (including phenoxy) is 1. The molecule has 0 aliphatic heterocycles. The maximum Gasteiger partial charge on any atom is 0.127 e. The third kappa shape index (κ3) is 2.67. The predicted molar refractivity (Wildman–Crippen MR) is 64.6 cm³/mol. The molecule has 0 aliphatic carbocycles. The maximum absolute atomic E-state index is 5.60. The van der Waals surface area contributed by atoms with Crippen LogP contribution in [0.5, 0.6) is 11.5 Å². The van der Waals surface area contributed by atoms with Crippen LogP contribution in [0, 0.1) is 0 Å². The molecule has 0 fully saturated rings. The lowest BCUT2D eigenvalue weighted by molar-refractivity contribution is 0.482. The first-order chi connectivity index (χ1) is 7.24. The predicted octanol–water partition coefficient (Wildman–Crippen LogP) is 3.35. The first kappa shape index (κ1) is 9.93. The highest BCUT2D eigenvalue weighted by Gasteiger charge is 1.96. The molecule has 0 aromatic heterocycles. The Morgan fingerprint density at radius 2 is 1.27 bits per heavy atom. The van der Waals surface area contributed by atoms with Gasteiger partial charge in [0, 0.05) is 10.6 Å². The highest BCUT2D eigenvalue weighted by molar-refractivity contribution is 7.80. The summed E-state index contributed by atoms with van der Waals surface area (Å²) in [5.41, 5.74) is 6.30. The third-order valence-electron chi connectivity index (χ3n) is 1.95. The van der Waals surface area contributed by atoms with Gasteiger partial charge in [0.05, 0.1) is 0 Å². The molecule has 2 aromatic rings. The Kier molecular flexibility index (Phi) is 2.83. The lowest BCUT2D eigenvalue weighted by atomic mass is 10.3. The molecule has 76 valence electrons. The summed E-state index contributed by atoms with van der Waals surface area (Å²) in [5, 5.41) is 0. The first-order valence-corrected chi connectivity index (χ1v) is 5.01. The van der Waals surface area contributed by atoms with E-state index in [0.29, 0.717) is 0 Å². The van der Waals surface area contributed by atoms with Gasteiger partial charge in [0.2, 0.25) is 0 Å². The van der Waals surface area contributed by atoms with Crippen LogP contribution in [0.15, 0.2) is 53.4 Å². The zero-order valence-corrected chi connectivity index (χ0v) is 8.95. The van der Waals surface area contributed by atoms with Crippen molar-refractivity contribution in [2.75, 3.05) is 5.73 Å². The van der Waals surface area contributed by atoms with E-state index >= 15 is 0 Å². The van der Waals surface area contributed by atoms with Crippen LogP contribution in [0.1, 0.15) is 0 Å². The number of nitrogens with two attached hydrogens (primary N) is 1. The van der Waals surface area contributed by atoms with Crippen molar-refractivity contribution in [3.8, 4) is 11.5 Å². The molecule has 2 nitrogen and oxygen atoms in total. The topological polar surface area (TPSA) is 35.2 Å². The molecule has 0 unspecified atom stereocenters. The van der Waals surface area contributed by atoms with E-state index in [1.165, 1.54) is 0 Å². The summed E-state index contributed by atoms with van der Waals surface area (Å²) in [4.78, 5) is 0.916. The van der Waals surface area contributed by atoms with Gasteiger partial charge in [0.25, 0.3) is 0 Å². The lowest BCUT2D eigenvalue weighted by Gasteiger charge is -2.05. The van der Waals surface area contributed by atoms with Gasteiger partial charge in [0.15, 0.2) is 0 Å². The monoisotopic (exact) mass is 217 g/mol. The van der Waals surface area contributed by atoms with Crippen LogP contribution in [0.2, 0.25) is 0 Å². The number of rotatable bonds is 2. The average molecular weight is 217 g/mol. The Morgan fingerprint density at radius 3 is 1.80 bits per heavy atom. The quantitative estimate of drug-likeness (QED) is 0.597. The molecule has 2 aromatic carbocycles. The molecule has 2 rings (SSSR count). The van der Waals surface area contributed by atoms with Crippen LogP contribution < -0.4 is 10.5 Å². The van der Waals surface area contributed by atoms with Crippen LogP contribution in [0.25, 0.3) is 0 Å². The molecule has 0 saturated heterocycles. The maximum atomic E-state index is 5.60. The average Bonchev–Trinajstić information content (AvgIpc) is 2.25. The Labute approximate surface area is 94.1 Å². The normalized spacial score (nSPS) is 9.93. The largest absolute Gasteiger partial charge is 0.457 e. The molecular weight excluding hydrogens is 206 g/mol. The smallest absolute Gasteiger partial charge is 0.127 e. The van der Waals surface area contributed by atoms with Crippen molar-refractivity contribution in [1.29, 1.82) is 0 Å². The molecule has 3 heteroatoms. The van der Waals surface area contributed by atoms with Crippen molar-refractivity contribution in [1.82, 2.24) is 0 Å². The van der Waals surface area contributed by atoms with Crippen LogP contribution in [0.4, 0.5) is 5.69 Å². The van der Waals surface area contributed by atoms with E-state index in [2.05, 4.69) is 12.6 Å². The standard InChI is InChI=1S/C12H11NOS/c13-9-1-3-10(4-2-9)14-11-5-7-12(15)8-6-11/h1-8,15H,13H2. The van der Waals surface area contributed by atoms with Crippen molar-refractivity contribution < 1.29 is 4.74 Å². The van der Waals surface area contributed by atoms with Crippen molar-refractivity contribution in [3.05, 3.63) is 48.5 Å². The van der Waals surface area contributed by atoms with Gasteiger partial charge in [-0.3, -0.25) is 0 Å².